The summed E-state index contributed by atoms with van der Waals surface area (Å²) >= 11 is 0. The van der Waals surface area contributed by atoms with Crippen molar-refractivity contribution in [2.75, 3.05) is 12.3 Å². The summed E-state index contributed by atoms with van der Waals surface area (Å²) in [5.41, 5.74) is 6.93. The zero-order chi connectivity index (χ0) is 14.4. The van der Waals surface area contributed by atoms with Gasteiger partial charge in [0.05, 0.1) is 12.4 Å². The first-order valence-electron chi connectivity index (χ1n) is 6.54. The van der Waals surface area contributed by atoms with Crippen LogP contribution in [0.15, 0.2) is 23.3 Å². The number of fused-ring (bicyclic) bond motifs is 1. The highest BCUT2D eigenvalue weighted by Crippen LogP contribution is 2.43. The molecule has 20 heavy (non-hydrogen) atoms. The van der Waals surface area contributed by atoms with Gasteiger partial charge in [0, 0.05) is 12.5 Å². The van der Waals surface area contributed by atoms with Gasteiger partial charge >= 0.3 is 0 Å². The molecule has 1 saturated carbocycles. The van der Waals surface area contributed by atoms with E-state index in [9.17, 15) is 9.90 Å². The predicted octanol–water partition coefficient (Wildman–Crippen LogP) is 0.447. The molecule has 7 nitrogen and oxygen atoms in total. The normalized spacial score (nSPS) is 26.5. The van der Waals surface area contributed by atoms with Gasteiger partial charge in [-0.3, -0.25) is 9.78 Å². The van der Waals surface area contributed by atoms with Crippen molar-refractivity contribution < 1.29 is 5.11 Å². The molecule has 106 valence electrons. The van der Waals surface area contributed by atoms with Crippen molar-refractivity contribution >= 4 is 17.1 Å². The average Bonchev–Trinajstić information content (AvgIpc) is 2.91. The number of aromatic amines is 1. The maximum atomic E-state index is 11.8. The van der Waals surface area contributed by atoms with Gasteiger partial charge in [0.25, 0.3) is 5.56 Å². The summed E-state index contributed by atoms with van der Waals surface area (Å²) in [6, 6.07) is -0.0131. The number of nitrogen functional groups attached to an aromatic ring is 1. The standard InChI is InChI=1S/C13H17N5O2/c1-6-3-9(7(2)8(6)4-19)18-5-15-10-11(18)16-13(14)17-12(10)20/h5-6,8-9,19H,2-4H2,1H3,(H3,14,16,17,20)/t6?,8-,9+/m1/s1. The maximum absolute atomic E-state index is 11.8. The van der Waals surface area contributed by atoms with Crippen LogP contribution in [0.4, 0.5) is 5.95 Å². The van der Waals surface area contributed by atoms with Crippen LogP contribution in [0.25, 0.3) is 11.2 Å². The van der Waals surface area contributed by atoms with E-state index in [0.29, 0.717) is 11.6 Å². The fourth-order valence-electron chi connectivity index (χ4n) is 3.04. The second-order valence-corrected chi connectivity index (χ2v) is 5.37. The molecule has 2 heterocycles. The highest BCUT2D eigenvalue weighted by Gasteiger charge is 2.36. The van der Waals surface area contributed by atoms with Crippen molar-refractivity contribution in [3.8, 4) is 0 Å². The average molecular weight is 275 g/mol. The smallest absolute Gasteiger partial charge is 0.280 e. The number of nitrogens with two attached hydrogens (primary N) is 1. The minimum atomic E-state index is -0.346. The summed E-state index contributed by atoms with van der Waals surface area (Å²) in [7, 11) is 0. The van der Waals surface area contributed by atoms with Crippen molar-refractivity contribution in [1.82, 2.24) is 19.5 Å². The Morgan fingerprint density at radius 1 is 1.65 bits per heavy atom. The molecule has 0 bridgehead atoms. The van der Waals surface area contributed by atoms with Gasteiger partial charge in [-0.05, 0) is 17.9 Å². The van der Waals surface area contributed by atoms with Gasteiger partial charge in [0.2, 0.25) is 5.95 Å². The number of nitrogens with one attached hydrogen (secondary N) is 1. The van der Waals surface area contributed by atoms with Crippen LogP contribution < -0.4 is 11.3 Å². The second kappa shape index (κ2) is 4.45. The van der Waals surface area contributed by atoms with Crippen molar-refractivity contribution in [3.05, 3.63) is 28.8 Å². The van der Waals surface area contributed by atoms with Crippen LogP contribution in [0.2, 0.25) is 0 Å². The van der Waals surface area contributed by atoms with Crippen LogP contribution in [0.5, 0.6) is 0 Å². The summed E-state index contributed by atoms with van der Waals surface area (Å²) in [5.74, 6) is 0.464. The molecule has 4 N–H and O–H groups in total. The summed E-state index contributed by atoms with van der Waals surface area (Å²) in [6.07, 6.45) is 2.43. The highest BCUT2D eigenvalue weighted by atomic mass is 16.3. The lowest BCUT2D eigenvalue weighted by Crippen LogP contribution is -2.14. The Morgan fingerprint density at radius 2 is 2.40 bits per heavy atom. The van der Waals surface area contributed by atoms with E-state index in [1.165, 1.54) is 0 Å². The minimum Gasteiger partial charge on any atom is -0.396 e. The molecule has 1 fully saturated rings. The van der Waals surface area contributed by atoms with Gasteiger partial charge < -0.3 is 15.4 Å². The molecule has 0 spiro atoms. The third kappa shape index (κ3) is 1.74. The molecule has 3 atom stereocenters. The number of anilines is 1. The van der Waals surface area contributed by atoms with Crippen LogP contribution in [0.1, 0.15) is 19.4 Å². The van der Waals surface area contributed by atoms with E-state index in [1.807, 2.05) is 4.57 Å². The number of rotatable bonds is 2. The minimum absolute atomic E-state index is 0.0131. The molecule has 2 aromatic heterocycles. The molecule has 7 heteroatoms. The van der Waals surface area contributed by atoms with E-state index in [2.05, 4.69) is 28.5 Å². The number of imidazole rings is 1. The largest absolute Gasteiger partial charge is 0.396 e. The fraction of sp³-hybridized carbons (Fsp3) is 0.462. The number of aromatic nitrogens is 4. The molecule has 0 radical (unpaired) electrons. The van der Waals surface area contributed by atoms with E-state index < -0.39 is 0 Å². The number of H-pyrrole nitrogens is 1. The van der Waals surface area contributed by atoms with Gasteiger partial charge in [-0.15, -0.1) is 0 Å². The van der Waals surface area contributed by atoms with Gasteiger partial charge in [-0.2, -0.15) is 4.98 Å². The maximum Gasteiger partial charge on any atom is 0.280 e. The third-order valence-electron chi connectivity index (χ3n) is 4.17. The summed E-state index contributed by atoms with van der Waals surface area (Å²) < 4.78 is 1.83. The first-order valence-corrected chi connectivity index (χ1v) is 6.54. The molecule has 2 aromatic rings. The number of hydrogen-bond acceptors (Lipinski definition) is 5. The number of aliphatic hydroxyl groups excluding tert-OH is 1. The lowest BCUT2D eigenvalue weighted by molar-refractivity contribution is 0.222. The quantitative estimate of drug-likeness (QED) is 0.689. The van der Waals surface area contributed by atoms with E-state index >= 15 is 0 Å². The Hall–Kier alpha value is -2.15. The molecule has 0 aromatic carbocycles. The Bertz CT molecular complexity index is 732. The van der Waals surface area contributed by atoms with E-state index in [0.717, 1.165) is 12.0 Å². The predicted molar refractivity (Wildman–Crippen MR) is 75.1 cm³/mol. The van der Waals surface area contributed by atoms with Gasteiger partial charge in [-0.25, -0.2) is 4.98 Å². The van der Waals surface area contributed by atoms with Crippen LogP contribution in [0.3, 0.4) is 0 Å². The Balaban J connectivity index is 2.12. The van der Waals surface area contributed by atoms with E-state index in [-0.39, 0.29) is 35.6 Å². The van der Waals surface area contributed by atoms with E-state index in [1.54, 1.807) is 6.33 Å². The number of nitrogens with zero attached hydrogens (tertiary/aromatic N) is 3. The SMILES string of the molecule is C=C1[C@H](CO)C(C)C[C@@H]1n1cnc2c(=O)[nH]c(N)nc21. The fourth-order valence-corrected chi connectivity index (χ4v) is 3.04. The van der Waals surface area contributed by atoms with Gasteiger partial charge in [0.1, 0.15) is 0 Å². The molecule has 1 aliphatic rings. The van der Waals surface area contributed by atoms with Crippen LogP contribution in [-0.4, -0.2) is 31.2 Å². The van der Waals surface area contributed by atoms with Gasteiger partial charge in [0.15, 0.2) is 11.2 Å². The molecular weight excluding hydrogens is 258 g/mol. The van der Waals surface area contributed by atoms with E-state index in [4.69, 9.17) is 5.73 Å². The van der Waals surface area contributed by atoms with Crippen molar-refractivity contribution in [3.63, 3.8) is 0 Å². The molecular formula is C13H17N5O2. The van der Waals surface area contributed by atoms with Crippen molar-refractivity contribution in [2.45, 2.75) is 19.4 Å². The van der Waals surface area contributed by atoms with Gasteiger partial charge in [-0.1, -0.05) is 13.5 Å². The Kier molecular flexibility index (Phi) is 2.86. The lowest BCUT2D eigenvalue weighted by Gasteiger charge is -2.16. The third-order valence-corrected chi connectivity index (χ3v) is 4.17. The molecule has 0 saturated heterocycles. The summed E-state index contributed by atoms with van der Waals surface area (Å²) in [4.78, 5) is 22.5. The molecule has 0 aliphatic heterocycles. The topological polar surface area (TPSA) is 110 Å². The molecule has 0 amide bonds. The first kappa shape index (κ1) is 12.9. The summed E-state index contributed by atoms with van der Waals surface area (Å²) in [6.45, 7) is 6.26. The van der Waals surface area contributed by atoms with Crippen LogP contribution in [-0.2, 0) is 0 Å². The Morgan fingerprint density at radius 3 is 3.05 bits per heavy atom. The monoisotopic (exact) mass is 275 g/mol. The molecule has 1 unspecified atom stereocenters. The van der Waals surface area contributed by atoms with Crippen LogP contribution in [0, 0.1) is 11.8 Å². The van der Waals surface area contributed by atoms with Crippen LogP contribution >= 0.6 is 0 Å². The second-order valence-electron chi connectivity index (χ2n) is 5.37. The number of aliphatic hydroxyl groups is 1. The summed E-state index contributed by atoms with van der Waals surface area (Å²) in [5, 5.41) is 9.45. The molecule has 3 rings (SSSR count). The highest BCUT2D eigenvalue weighted by molar-refractivity contribution is 5.70. The Labute approximate surface area is 115 Å². The molecule has 1 aliphatic carbocycles. The van der Waals surface area contributed by atoms with Crippen molar-refractivity contribution in [2.24, 2.45) is 11.8 Å². The first-order chi connectivity index (χ1) is 9.52. The zero-order valence-corrected chi connectivity index (χ0v) is 11.2. The lowest BCUT2D eigenvalue weighted by atomic mass is 9.97. The zero-order valence-electron chi connectivity index (χ0n) is 11.2. The van der Waals surface area contributed by atoms with Crippen molar-refractivity contribution in [1.29, 1.82) is 0 Å². The number of hydrogen-bond donors (Lipinski definition) is 3.